The normalized spacial score (nSPS) is 29.3. The van der Waals surface area contributed by atoms with Gasteiger partial charge in [0.2, 0.25) is 0 Å². The van der Waals surface area contributed by atoms with Crippen molar-refractivity contribution in [2.24, 2.45) is 17.6 Å². The van der Waals surface area contributed by atoms with Crippen LogP contribution in [0.25, 0.3) is 0 Å². The van der Waals surface area contributed by atoms with Crippen LogP contribution in [-0.2, 0) is 5.54 Å². The van der Waals surface area contributed by atoms with E-state index in [1.165, 1.54) is 0 Å². The molecule has 2 atom stereocenters. The summed E-state index contributed by atoms with van der Waals surface area (Å²) >= 11 is 0. The van der Waals surface area contributed by atoms with Gasteiger partial charge in [-0.2, -0.15) is 0 Å². The number of ether oxygens (including phenoxy) is 1. The molecule has 0 saturated heterocycles. The van der Waals surface area contributed by atoms with Crippen LogP contribution in [0.4, 0.5) is 0 Å². The van der Waals surface area contributed by atoms with Crippen LogP contribution in [0.1, 0.15) is 25.8 Å². The van der Waals surface area contributed by atoms with E-state index < -0.39 is 0 Å². The van der Waals surface area contributed by atoms with Gasteiger partial charge in [0.25, 0.3) is 0 Å². The summed E-state index contributed by atoms with van der Waals surface area (Å²) in [5.74, 6) is 2.15. The van der Waals surface area contributed by atoms with Gasteiger partial charge in [0.15, 0.2) is 0 Å². The maximum Gasteiger partial charge on any atom is 0.123 e. The Morgan fingerprint density at radius 2 is 2.07 bits per heavy atom. The van der Waals surface area contributed by atoms with E-state index in [0.29, 0.717) is 11.8 Å². The summed E-state index contributed by atoms with van der Waals surface area (Å²) in [5.41, 5.74) is 7.42. The van der Waals surface area contributed by atoms with E-state index in [2.05, 4.69) is 19.9 Å². The standard InChI is InChI=1S/C13H19NO/c1-9(2)11-8-13(11,14)10-6-4-5-7-12(10)15-3/h4-7,9,11H,8,14H2,1-3H3. The minimum atomic E-state index is -0.152. The Balaban J connectivity index is 2.31. The summed E-state index contributed by atoms with van der Waals surface area (Å²) in [6.45, 7) is 4.46. The molecule has 15 heavy (non-hydrogen) atoms. The van der Waals surface area contributed by atoms with Crippen molar-refractivity contribution in [3.63, 3.8) is 0 Å². The highest BCUT2D eigenvalue weighted by Crippen LogP contribution is 2.55. The van der Waals surface area contributed by atoms with Gasteiger partial charge in [-0.1, -0.05) is 32.0 Å². The average molecular weight is 205 g/mol. The monoisotopic (exact) mass is 205 g/mol. The summed E-state index contributed by atoms with van der Waals surface area (Å²) in [5, 5.41) is 0. The van der Waals surface area contributed by atoms with Crippen molar-refractivity contribution in [3.8, 4) is 5.75 Å². The molecule has 1 aromatic carbocycles. The maximum atomic E-state index is 6.41. The van der Waals surface area contributed by atoms with Gasteiger partial charge in [-0.25, -0.2) is 0 Å². The summed E-state index contributed by atoms with van der Waals surface area (Å²) in [6.07, 6.45) is 1.07. The van der Waals surface area contributed by atoms with E-state index in [0.717, 1.165) is 17.7 Å². The summed E-state index contributed by atoms with van der Waals surface area (Å²) in [4.78, 5) is 0. The molecule has 0 heterocycles. The second kappa shape index (κ2) is 3.53. The number of para-hydroxylation sites is 1. The van der Waals surface area contributed by atoms with E-state index in [1.807, 2.05) is 18.2 Å². The van der Waals surface area contributed by atoms with Crippen molar-refractivity contribution in [2.45, 2.75) is 25.8 Å². The molecule has 1 fully saturated rings. The third kappa shape index (κ3) is 1.63. The van der Waals surface area contributed by atoms with Gasteiger partial charge in [-0.15, -0.1) is 0 Å². The van der Waals surface area contributed by atoms with E-state index in [9.17, 15) is 0 Å². The molecule has 2 heteroatoms. The fourth-order valence-corrected chi connectivity index (χ4v) is 2.47. The minimum absolute atomic E-state index is 0.152. The van der Waals surface area contributed by atoms with Crippen LogP contribution in [0, 0.1) is 11.8 Å². The summed E-state index contributed by atoms with van der Waals surface area (Å²) in [7, 11) is 1.70. The smallest absolute Gasteiger partial charge is 0.123 e. The first-order chi connectivity index (χ1) is 7.09. The largest absolute Gasteiger partial charge is 0.496 e. The minimum Gasteiger partial charge on any atom is -0.496 e. The lowest BCUT2D eigenvalue weighted by Crippen LogP contribution is -2.24. The first-order valence-corrected chi connectivity index (χ1v) is 5.52. The highest BCUT2D eigenvalue weighted by Gasteiger charge is 2.54. The second-order valence-corrected chi connectivity index (χ2v) is 4.80. The van der Waals surface area contributed by atoms with E-state index in [4.69, 9.17) is 10.5 Å². The lowest BCUT2D eigenvalue weighted by molar-refractivity contribution is 0.397. The van der Waals surface area contributed by atoms with Crippen LogP contribution < -0.4 is 10.5 Å². The van der Waals surface area contributed by atoms with Crippen molar-refractivity contribution in [2.75, 3.05) is 7.11 Å². The van der Waals surface area contributed by atoms with Gasteiger partial charge >= 0.3 is 0 Å². The molecular formula is C13H19NO. The fraction of sp³-hybridized carbons (Fsp3) is 0.538. The molecule has 82 valence electrons. The molecule has 2 rings (SSSR count). The Morgan fingerprint density at radius 3 is 2.60 bits per heavy atom. The van der Waals surface area contributed by atoms with E-state index in [1.54, 1.807) is 7.11 Å². The highest BCUT2D eigenvalue weighted by molar-refractivity contribution is 5.43. The molecule has 2 nitrogen and oxygen atoms in total. The quantitative estimate of drug-likeness (QED) is 0.823. The summed E-state index contributed by atoms with van der Waals surface area (Å²) in [6, 6.07) is 8.08. The Labute approximate surface area is 91.4 Å². The molecule has 1 saturated carbocycles. The van der Waals surface area contributed by atoms with Gasteiger partial charge in [0.1, 0.15) is 5.75 Å². The third-order valence-electron chi connectivity index (χ3n) is 3.47. The molecule has 0 aromatic heterocycles. The van der Waals surface area contributed by atoms with Crippen molar-refractivity contribution >= 4 is 0 Å². The fourth-order valence-electron chi connectivity index (χ4n) is 2.47. The predicted molar refractivity (Wildman–Crippen MR) is 61.8 cm³/mol. The van der Waals surface area contributed by atoms with Crippen LogP contribution >= 0.6 is 0 Å². The van der Waals surface area contributed by atoms with Crippen molar-refractivity contribution in [1.82, 2.24) is 0 Å². The van der Waals surface area contributed by atoms with Crippen LogP contribution in [0.2, 0.25) is 0 Å². The Bertz CT molecular complexity index is 361. The van der Waals surface area contributed by atoms with Gasteiger partial charge in [0.05, 0.1) is 7.11 Å². The molecule has 0 spiro atoms. The van der Waals surface area contributed by atoms with Crippen molar-refractivity contribution in [3.05, 3.63) is 29.8 Å². The SMILES string of the molecule is COc1ccccc1C1(N)CC1C(C)C. The van der Waals surface area contributed by atoms with Gasteiger partial charge in [-0.05, 0) is 24.3 Å². The molecule has 0 amide bonds. The maximum absolute atomic E-state index is 6.41. The highest BCUT2D eigenvalue weighted by atomic mass is 16.5. The Kier molecular flexibility index (Phi) is 2.47. The predicted octanol–water partition coefficient (Wildman–Crippen LogP) is 2.53. The lowest BCUT2D eigenvalue weighted by atomic mass is 9.97. The topological polar surface area (TPSA) is 35.2 Å². The molecular weight excluding hydrogens is 186 g/mol. The third-order valence-corrected chi connectivity index (χ3v) is 3.47. The zero-order valence-electron chi connectivity index (χ0n) is 9.66. The van der Waals surface area contributed by atoms with Gasteiger partial charge in [0, 0.05) is 11.1 Å². The van der Waals surface area contributed by atoms with Crippen molar-refractivity contribution < 1.29 is 4.74 Å². The zero-order chi connectivity index (χ0) is 11.1. The summed E-state index contributed by atoms with van der Waals surface area (Å²) < 4.78 is 5.36. The van der Waals surface area contributed by atoms with E-state index in [-0.39, 0.29) is 5.54 Å². The number of rotatable bonds is 3. The Hall–Kier alpha value is -1.02. The lowest BCUT2D eigenvalue weighted by Gasteiger charge is -2.17. The first kappa shape index (κ1) is 10.5. The molecule has 1 aliphatic rings. The average Bonchev–Trinajstić information content (AvgIpc) is 2.92. The Morgan fingerprint density at radius 1 is 1.40 bits per heavy atom. The molecule has 1 aliphatic carbocycles. The van der Waals surface area contributed by atoms with Crippen molar-refractivity contribution in [1.29, 1.82) is 0 Å². The van der Waals surface area contributed by atoms with Gasteiger partial charge in [-0.3, -0.25) is 0 Å². The van der Waals surface area contributed by atoms with E-state index >= 15 is 0 Å². The molecule has 0 aliphatic heterocycles. The van der Waals surface area contributed by atoms with Crippen LogP contribution in [0.15, 0.2) is 24.3 Å². The molecule has 1 aromatic rings. The number of benzene rings is 1. The van der Waals surface area contributed by atoms with Crippen LogP contribution in [-0.4, -0.2) is 7.11 Å². The second-order valence-electron chi connectivity index (χ2n) is 4.80. The molecule has 2 unspecified atom stereocenters. The molecule has 2 N–H and O–H groups in total. The van der Waals surface area contributed by atoms with Crippen LogP contribution in [0.5, 0.6) is 5.75 Å². The zero-order valence-corrected chi connectivity index (χ0v) is 9.66. The van der Waals surface area contributed by atoms with Gasteiger partial charge < -0.3 is 10.5 Å². The number of hydrogen-bond donors (Lipinski definition) is 1. The van der Waals surface area contributed by atoms with Crippen LogP contribution in [0.3, 0.4) is 0 Å². The molecule has 0 bridgehead atoms. The number of nitrogens with two attached hydrogens (primary N) is 1. The number of hydrogen-bond acceptors (Lipinski definition) is 2. The first-order valence-electron chi connectivity index (χ1n) is 5.52. The number of methoxy groups -OCH3 is 1. The molecule has 0 radical (unpaired) electrons.